The van der Waals surface area contributed by atoms with Gasteiger partial charge in [0.15, 0.2) is 0 Å². The van der Waals surface area contributed by atoms with Crippen LogP contribution in [0.2, 0.25) is 0 Å². The van der Waals surface area contributed by atoms with Gasteiger partial charge in [0.25, 0.3) is 0 Å². The van der Waals surface area contributed by atoms with Crippen molar-refractivity contribution in [3.8, 4) is 0 Å². The molecule has 0 radical (unpaired) electrons. The molecule has 1 aliphatic heterocycles. The van der Waals surface area contributed by atoms with Gasteiger partial charge in [-0.2, -0.15) is 0 Å². The summed E-state index contributed by atoms with van der Waals surface area (Å²) in [7, 11) is 0. The first-order chi connectivity index (χ1) is 6.86. The molecule has 4 nitrogen and oxygen atoms in total. The first-order valence-electron chi connectivity index (χ1n) is 4.95. The normalized spacial score (nSPS) is 18.3. The Labute approximate surface area is 82.5 Å². The Morgan fingerprint density at radius 3 is 3.00 bits per heavy atom. The van der Waals surface area contributed by atoms with Crippen LogP contribution in [0.1, 0.15) is 12.8 Å². The fourth-order valence-electron chi connectivity index (χ4n) is 1.73. The summed E-state index contributed by atoms with van der Waals surface area (Å²) in [6, 6.07) is 1.79. The molecule has 0 unspecified atom stereocenters. The Morgan fingerprint density at radius 1 is 1.50 bits per heavy atom. The van der Waals surface area contributed by atoms with Gasteiger partial charge in [-0.3, -0.25) is 4.57 Å². The van der Waals surface area contributed by atoms with Crippen LogP contribution in [0, 0.1) is 5.92 Å². The molecular weight excluding hydrogens is 180 g/mol. The second kappa shape index (κ2) is 4.37. The Morgan fingerprint density at radius 2 is 2.29 bits per heavy atom. The maximum Gasteiger partial charge on any atom is 0.347 e. The zero-order valence-corrected chi connectivity index (χ0v) is 8.06. The van der Waals surface area contributed by atoms with Gasteiger partial charge in [-0.15, -0.1) is 0 Å². The van der Waals surface area contributed by atoms with E-state index < -0.39 is 0 Å². The maximum atomic E-state index is 11.3. The van der Waals surface area contributed by atoms with Gasteiger partial charge in [0, 0.05) is 32.2 Å². The highest BCUT2D eigenvalue weighted by molar-refractivity contribution is 4.82. The highest BCUT2D eigenvalue weighted by atomic mass is 16.5. The second-order valence-corrected chi connectivity index (χ2v) is 3.61. The van der Waals surface area contributed by atoms with E-state index >= 15 is 0 Å². The second-order valence-electron chi connectivity index (χ2n) is 3.61. The van der Waals surface area contributed by atoms with Gasteiger partial charge in [0.05, 0.1) is 0 Å². The lowest BCUT2D eigenvalue weighted by Crippen LogP contribution is -2.28. The number of aromatic nitrogens is 2. The first kappa shape index (κ1) is 9.40. The van der Waals surface area contributed by atoms with E-state index in [1.54, 1.807) is 16.8 Å². The Bertz CT molecular complexity index is 342. The van der Waals surface area contributed by atoms with Crippen LogP contribution in [0.3, 0.4) is 0 Å². The van der Waals surface area contributed by atoms with Crippen molar-refractivity contribution in [3.63, 3.8) is 0 Å². The summed E-state index contributed by atoms with van der Waals surface area (Å²) in [5.74, 6) is 0.561. The molecule has 2 heterocycles. The molecular formula is C10H14N2O2. The van der Waals surface area contributed by atoms with E-state index in [2.05, 4.69) is 4.98 Å². The molecule has 0 N–H and O–H groups in total. The van der Waals surface area contributed by atoms with Crippen molar-refractivity contribution in [2.45, 2.75) is 19.4 Å². The molecule has 1 fully saturated rings. The summed E-state index contributed by atoms with van der Waals surface area (Å²) < 4.78 is 6.94. The van der Waals surface area contributed by atoms with Crippen molar-refractivity contribution in [1.82, 2.24) is 9.55 Å². The predicted molar refractivity (Wildman–Crippen MR) is 52.0 cm³/mol. The molecule has 1 aromatic rings. The summed E-state index contributed by atoms with van der Waals surface area (Å²) in [5, 5.41) is 0. The van der Waals surface area contributed by atoms with Crippen molar-refractivity contribution < 1.29 is 4.74 Å². The molecule has 76 valence electrons. The largest absolute Gasteiger partial charge is 0.381 e. The third-order valence-corrected chi connectivity index (χ3v) is 2.58. The van der Waals surface area contributed by atoms with Crippen LogP contribution in [0.15, 0.2) is 23.3 Å². The lowest BCUT2D eigenvalue weighted by Gasteiger charge is -2.22. The molecule has 1 aliphatic rings. The van der Waals surface area contributed by atoms with Gasteiger partial charge in [-0.1, -0.05) is 0 Å². The summed E-state index contributed by atoms with van der Waals surface area (Å²) in [6.45, 7) is 2.41. The van der Waals surface area contributed by atoms with Crippen molar-refractivity contribution in [3.05, 3.63) is 28.9 Å². The minimum absolute atomic E-state index is 0.154. The summed E-state index contributed by atoms with van der Waals surface area (Å²) >= 11 is 0. The van der Waals surface area contributed by atoms with Crippen LogP contribution in [0.4, 0.5) is 0 Å². The van der Waals surface area contributed by atoms with Crippen molar-refractivity contribution in [2.75, 3.05) is 13.2 Å². The van der Waals surface area contributed by atoms with Crippen LogP contribution >= 0.6 is 0 Å². The Kier molecular flexibility index (Phi) is 2.93. The Balaban J connectivity index is 2.03. The minimum atomic E-state index is -0.154. The van der Waals surface area contributed by atoms with E-state index in [0.717, 1.165) is 32.6 Å². The molecule has 0 spiro atoms. The third-order valence-electron chi connectivity index (χ3n) is 2.58. The standard InChI is InChI=1S/C10H14N2O2/c13-10-11-4-1-5-12(10)8-9-2-6-14-7-3-9/h1,4-5,9H,2-3,6-8H2. The zero-order valence-electron chi connectivity index (χ0n) is 8.06. The summed E-state index contributed by atoms with van der Waals surface area (Å²) in [5.41, 5.74) is -0.154. The van der Waals surface area contributed by atoms with Crippen molar-refractivity contribution >= 4 is 0 Å². The maximum absolute atomic E-state index is 11.3. The van der Waals surface area contributed by atoms with Gasteiger partial charge in [0.2, 0.25) is 0 Å². The smallest absolute Gasteiger partial charge is 0.347 e. The first-order valence-corrected chi connectivity index (χ1v) is 4.95. The van der Waals surface area contributed by atoms with Gasteiger partial charge >= 0.3 is 5.69 Å². The van der Waals surface area contributed by atoms with Crippen molar-refractivity contribution in [1.29, 1.82) is 0 Å². The topological polar surface area (TPSA) is 44.1 Å². The van der Waals surface area contributed by atoms with E-state index in [-0.39, 0.29) is 5.69 Å². The fourth-order valence-corrected chi connectivity index (χ4v) is 1.73. The van der Waals surface area contributed by atoms with Crippen LogP contribution in [0.5, 0.6) is 0 Å². The number of rotatable bonds is 2. The molecule has 14 heavy (non-hydrogen) atoms. The highest BCUT2D eigenvalue weighted by Crippen LogP contribution is 2.15. The fraction of sp³-hybridized carbons (Fsp3) is 0.600. The molecule has 0 amide bonds. The predicted octanol–water partition coefficient (Wildman–Crippen LogP) is 0.670. The average molecular weight is 194 g/mol. The van der Waals surface area contributed by atoms with E-state index in [0.29, 0.717) is 5.92 Å². The molecule has 0 aliphatic carbocycles. The number of ether oxygens (including phenoxy) is 1. The van der Waals surface area contributed by atoms with Crippen LogP contribution in [0.25, 0.3) is 0 Å². The average Bonchev–Trinajstić information content (AvgIpc) is 2.23. The minimum Gasteiger partial charge on any atom is -0.381 e. The van der Waals surface area contributed by atoms with E-state index in [1.807, 2.05) is 0 Å². The summed E-state index contributed by atoms with van der Waals surface area (Å²) in [4.78, 5) is 15.0. The summed E-state index contributed by atoms with van der Waals surface area (Å²) in [6.07, 6.45) is 5.41. The van der Waals surface area contributed by atoms with Gasteiger partial charge in [0.1, 0.15) is 0 Å². The van der Waals surface area contributed by atoms with Gasteiger partial charge < -0.3 is 4.74 Å². The van der Waals surface area contributed by atoms with E-state index in [1.165, 1.54) is 6.20 Å². The van der Waals surface area contributed by atoms with Crippen LogP contribution in [-0.2, 0) is 11.3 Å². The third kappa shape index (κ3) is 2.20. The Hall–Kier alpha value is -1.16. The number of nitrogens with zero attached hydrogens (tertiary/aromatic N) is 2. The molecule has 1 aromatic heterocycles. The van der Waals surface area contributed by atoms with E-state index in [4.69, 9.17) is 4.74 Å². The molecule has 0 atom stereocenters. The lowest BCUT2D eigenvalue weighted by atomic mass is 10.0. The zero-order chi connectivity index (χ0) is 9.80. The number of hydrogen-bond acceptors (Lipinski definition) is 3. The van der Waals surface area contributed by atoms with Gasteiger partial charge in [-0.25, -0.2) is 9.78 Å². The lowest BCUT2D eigenvalue weighted by molar-refractivity contribution is 0.0608. The molecule has 0 saturated carbocycles. The molecule has 1 saturated heterocycles. The molecule has 4 heteroatoms. The molecule has 2 rings (SSSR count). The van der Waals surface area contributed by atoms with Crippen LogP contribution in [-0.4, -0.2) is 22.8 Å². The quantitative estimate of drug-likeness (QED) is 0.695. The van der Waals surface area contributed by atoms with Crippen molar-refractivity contribution in [2.24, 2.45) is 5.92 Å². The highest BCUT2D eigenvalue weighted by Gasteiger charge is 2.14. The molecule has 0 aromatic carbocycles. The molecule has 0 bridgehead atoms. The van der Waals surface area contributed by atoms with Crippen LogP contribution < -0.4 is 5.69 Å². The number of hydrogen-bond donors (Lipinski definition) is 0. The van der Waals surface area contributed by atoms with Gasteiger partial charge in [-0.05, 0) is 24.8 Å². The SMILES string of the molecule is O=c1ncccn1CC1CCOCC1. The van der Waals surface area contributed by atoms with E-state index in [9.17, 15) is 4.79 Å². The monoisotopic (exact) mass is 194 g/mol.